The van der Waals surface area contributed by atoms with Gasteiger partial charge in [0.05, 0.1) is 0 Å². The summed E-state index contributed by atoms with van der Waals surface area (Å²) in [5.74, 6) is 0.491. The number of carbonyl (C=O) groups is 2. The van der Waals surface area contributed by atoms with Crippen LogP contribution in [0.1, 0.15) is 86.5 Å². The van der Waals surface area contributed by atoms with Crippen LogP contribution in [0.25, 0.3) is 0 Å². The lowest BCUT2D eigenvalue weighted by molar-refractivity contribution is -0.577. The fraction of sp³-hybridized carbons (Fsp3) is 0.793. The molecule has 7 nitrogen and oxygen atoms in total. The van der Waals surface area contributed by atoms with Gasteiger partial charge < -0.3 is 14.2 Å². The molecule has 0 aromatic rings. The summed E-state index contributed by atoms with van der Waals surface area (Å²) < 4.78 is 19.2. The fourth-order valence-electron chi connectivity index (χ4n) is 7.20. The zero-order valence-electron chi connectivity index (χ0n) is 22.6. The molecule has 4 aliphatic heterocycles. The van der Waals surface area contributed by atoms with E-state index in [0.29, 0.717) is 41.6 Å². The van der Waals surface area contributed by atoms with Crippen LogP contribution >= 0.6 is 0 Å². The van der Waals surface area contributed by atoms with Gasteiger partial charge in [0, 0.05) is 41.6 Å². The van der Waals surface area contributed by atoms with Gasteiger partial charge in [-0.2, -0.15) is 0 Å². The van der Waals surface area contributed by atoms with Gasteiger partial charge in [-0.05, 0) is 76.2 Å². The second-order valence-electron chi connectivity index (χ2n) is 12.2. The molecule has 6 aliphatic rings. The van der Waals surface area contributed by atoms with Gasteiger partial charge in [0.25, 0.3) is 0 Å². The molecule has 0 aromatic carbocycles. The molecule has 6 rings (SSSR count). The summed E-state index contributed by atoms with van der Waals surface area (Å²) in [7, 11) is 0. The molecule has 36 heavy (non-hydrogen) atoms. The Morgan fingerprint density at radius 3 is 2.61 bits per heavy atom. The molecule has 8 atom stereocenters. The zero-order chi connectivity index (χ0) is 25.8. The number of allylic oxidation sites excluding steroid dienone is 4. The molecule has 2 bridgehead atoms. The quantitative estimate of drug-likeness (QED) is 0.261. The Balaban J connectivity index is 1.20. The van der Waals surface area contributed by atoms with Crippen molar-refractivity contribution in [1.29, 1.82) is 0 Å². The first-order valence-corrected chi connectivity index (χ1v) is 13.9. The van der Waals surface area contributed by atoms with Gasteiger partial charge in [0.15, 0.2) is 29.7 Å². The lowest BCUT2D eigenvalue weighted by atomic mass is 9.58. The molecule has 0 radical (unpaired) electrons. The maximum atomic E-state index is 12.9. The summed E-state index contributed by atoms with van der Waals surface area (Å²) in [6, 6.07) is 0. The number of ether oxygens (including phenoxy) is 3. The van der Waals surface area contributed by atoms with Crippen LogP contribution in [0.3, 0.4) is 0 Å². The normalized spacial score (nSPS) is 42.5. The zero-order valence-corrected chi connectivity index (χ0v) is 22.6. The van der Waals surface area contributed by atoms with E-state index in [-0.39, 0.29) is 35.6 Å². The highest BCUT2D eigenvalue weighted by molar-refractivity contribution is 6.22. The molecule has 2 aliphatic carbocycles. The van der Waals surface area contributed by atoms with E-state index in [1.54, 1.807) is 6.92 Å². The van der Waals surface area contributed by atoms with Crippen molar-refractivity contribution < 1.29 is 33.6 Å². The van der Waals surface area contributed by atoms with Crippen molar-refractivity contribution in [2.45, 2.75) is 110 Å². The fourth-order valence-corrected chi connectivity index (χ4v) is 7.20. The third-order valence-corrected chi connectivity index (χ3v) is 9.47. The Morgan fingerprint density at radius 2 is 1.86 bits per heavy atom. The van der Waals surface area contributed by atoms with E-state index in [9.17, 15) is 9.59 Å². The molecule has 5 fully saturated rings. The van der Waals surface area contributed by atoms with E-state index in [4.69, 9.17) is 24.0 Å². The van der Waals surface area contributed by atoms with Gasteiger partial charge in [0.2, 0.25) is 5.79 Å². The van der Waals surface area contributed by atoms with E-state index < -0.39 is 17.7 Å². The molecule has 4 heterocycles. The lowest BCUT2D eigenvalue weighted by Gasteiger charge is -2.60. The van der Waals surface area contributed by atoms with Gasteiger partial charge in [0.1, 0.15) is 0 Å². The Bertz CT molecular complexity index is 967. The predicted molar refractivity (Wildman–Crippen MR) is 132 cm³/mol. The number of Topliss-reactive ketones (excluding diaryl/α,β-unsaturated/α-hetero) is 1. The minimum atomic E-state index is -0.790. The van der Waals surface area contributed by atoms with Crippen LogP contribution in [-0.4, -0.2) is 42.1 Å². The smallest absolute Gasteiger partial charge is 0.201 e. The number of rotatable bonds is 7. The van der Waals surface area contributed by atoms with Crippen molar-refractivity contribution >= 4 is 11.6 Å². The number of hydrogen-bond donors (Lipinski definition) is 0. The summed E-state index contributed by atoms with van der Waals surface area (Å²) in [5.41, 5.74) is 1.28. The van der Waals surface area contributed by atoms with E-state index in [2.05, 4.69) is 13.8 Å². The second kappa shape index (κ2) is 9.73. The van der Waals surface area contributed by atoms with Crippen LogP contribution in [-0.2, 0) is 33.6 Å². The van der Waals surface area contributed by atoms with Crippen molar-refractivity contribution in [2.75, 3.05) is 6.61 Å². The third-order valence-electron chi connectivity index (χ3n) is 9.47. The van der Waals surface area contributed by atoms with Crippen LogP contribution in [0.5, 0.6) is 0 Å². The van der Waals surface area contributed by atoms with Crippen molar-refractivity contribution in [3.8, 4) is 0 Å². The van der Waals surface area contributed by atoms with E-state index >= 15 is 0 Å². The molecular formula is C29H42O7. The molecule has 1 saturated carbocycles. The Labute approximate surface area is 214 Å². The van der Waals surface area contributed by atoms with E-state index in [0.717, 1.165) is 38.5 Å². The van der Waals surface area contributed by atoms with Gasteiger partial charge in [-0.15, -0.1) is 0 Å². The van der Waals surface area contributed by atoms with Crippen molar-refractivity contribution in [1.82, 2.24) is 0 Å². The van der Waals surface area contributed by atoms with Crippen LogP contribution in [0.15, 0.2) is 22.8 Å². The van der Waals surface area contributed by atoms with Gasteiger partial charge >= 0.3 is 0 Å². The second-order valence-corrected chi connectivity index (χ2v) is 12.2. The first kappa shape index (κ1) is 26.2. The molecule has 7 heteroatoms. The monoisotopic (exact) mass is 502 g/mol. The average molecular weight is 503 g/mol. The minimum absolute atomic E-state index is 0.0231. The highest BCUT2D eigenvalue weighted by Gasteiger charge is 2.69. The summed E-state index contributed by atoms with van der Waals surface area (Å²) >= 11 is 0. The number of ketones is 2. The van der Waals surface area contributed by atoms with Crippen LogP contribution in [0, 0.1) is 29.6 Å². The molecule has 0 N–H and O–H groups in total. The summed E-state index contributed by atoms with van der Waals surface area (Å²) in [5, 5.41) is 0. The first-order valence-electron chi connectivity index (χ1n) is 13.9. The summed E-state index contributed by atoms with van der Waals surface area (Å²) in [6.45, 7) is 12.6. The highest BCUT2D eigenvalue weighted by atomic mass is 17.3. The van der Waals surface area contributed by atoms with E-state index in [1.165, 1.54) is 6.08 Å². The number of hydrogen-bond acceptors (Lipinski definition) is 7. The molecule has 200 valence electrons. The van der Waals surface area contributed by atoms with Crippen LogP contribution in [0.4, 0.5) is 0 Å². The average Bonchev–Trinajstić information content (AvgIpc) is 3.06. The van der Waals surface area contributed by atoms with Gasteiger partial charge in [-0.25, -0.2) is 9.78 Å². The Kier molecular flexibility index (Phi) is 7.09. The first-order chi connectivity index (χ1) is 17.1. The molecular weight excluding hydrogens is 460 g/mol. The van der Waals surface area contributed by atoms with Crippen LogP contribution in [0.2, 0.25) is 0 Å². The Hall–Kier alpha value is -1.38. The molecule has 1 spiro atoms. The highest BCUT2D eigenvalue weighted by Crippen LogP contribution is 2.60. The maximum Gasteiger partial charge on any atom is 0.201 e. The predicted octanol–water partition coefficient (Wildman–Crippen LogP) is 5.43. The maximum absolute atomic E-state index is 12.9. The standard InChI is InChI=1S/C29H42O7/c1-16(2)21-15-24(30)18(4)20(25(21)31)9-7-8-14-32-26-19(5)23-11-10-17(3)22-12-13-28(6)34-27(33-26)29(22,23)36-35-28/h15-17,19,22-23,26-27H,7-14H2,1-6H3/t17-,19-,22+,23+,26+,27-,28-,29-/m1/s1. The molecule has 0 unspecified atom stereocenters. The number of fused-ring (bicyclic) bond motifs is 2. The summed E-state index contributed by atoms with van der Waals surface area (Å²) in [4.78, 5) is 37.3. The molecule has 4 saturated heterocycles. The third kappa shape index (κ3) is 4.25. The number of unbranched alkanes of at least 4 members (excludes halogenated alkanes) is 1. The van der Waals surface area contributed by atoms with Crippen molar-refractivity contribution in [3.05, 3.63) is 22.8 Å². The molecule has 0 aromatic heterocycles. The van der Waals surface area contributed by atoms with Gasteiger partial charge in [-0.3, -0.25) is 9.59 Å². The summed E-state index contributed by atoms with van der Waals surface area (Å²) in [6.07, 6.45) is 6.79. The van der Waals surface area contributed by atoms with Crippen molar-refractivity contribution in [3.63, 3.8) is 0 Å². The number of carbonyl (C=O) groups excluding carboxylic acids is 2. The van der Waals surface area contributed by atoms with E-state index in [1.807, 2.05) is 20.8 Å². The lowest BCUT2D eigenvalue weighted by Crippen LogP contribution is -2.70. The van der Waals surface area contributed by atoms with Gasteiger partial charge in [-0.1, -0.05) is 27.7 Å². The SMILES string of the molecule is CC1=C(CCCCO[C@H]2O[C@@H]3O[C@@]4(C)CC[C@H]5[C@H](C)CC[C@@H]([C@H]2C)[C@@]35OO4)C(=O)C(C(C)C)=CC1=O. The largest absolute Gasteiger partial charge is 0.352 e. The topological polar surface area (TPSA) is 80.3 Å². The van der Waals surface area contributed by atoms with Crippen molar-refractivity contribution in [2.24, 2.45) is 29.6 Å². The molecule has 0 amide bonds. The minimum Gasteiger partial charge on any atom is -0.352 e. The van der Waals surface area contributed by atoms with Crippen LogP contribution < -0.4 is 0 Å². The Morgan fingerprint density at radius 1 is 1.08 bits per heavy atom.